The lowest BCUT2D eigenvalue weighted by molar-refractivity contribution is -0.0669. The van der Waals surface area contributed by atoms with E-state index in [0.717, 1.165) is 72.4 Å². The molecule has 0 amide bonds. The van der Waals surface area contributed by atoms with Gasteiger partial charge in [-0.2, -0.15) is 4.39 Å². The smallest absolute Gasteiger partial charge is 0.222 e. The van der Waals surface area contributed by atoms with Crippen LogP contribution in [0, 0.1) is 5.95 Å². The van der Waals surface area contributed by atoms with E-state index in [1.165, 1.54) is 5.56 Å². The summed E-state index contributed by atoms with van der Waals surface area (Å²) < 4.78 is 21.1. The van der Waals surface area contributed by atoms with Gasteiger partial charge < -0.3 is 20.7 Å². The van der Waals surface area contributed by atoms with Gasteiger partial charge in [0, 0.05) is 55.2 Å². The van der Waals surface area contributed by atoms with Crippen molar-refractivity contribution >= 4 is 11.5 Å². The van der Waals surface area contributed by atoms with E-state index in [0.29, 0.717) is 11.6 Å². The third-order valence-corrected chi connectivity index (χ3v) is 7.93. The average Bonchev–Trinajstić information content (AvgIpc) is 2.89. The molecule has 2 aliphatic rings. The van der Waals surface area contributed by atoms with Crippen molar-refractivity contribution in [3.8, 4) is 22.3 Å². The van der Waals surface area contributed by atoms with Gasteiger partial charge in [0.2, 0.25) is 5.95 Å². The molecule has 1 aromatic heterocycles. The molecule has 2 aliphatic heterocycles. The number of hydrogen-bond acceptors (Lipinski definition) is 5. The second-order valence-corrected chi connectivity index (χ2v) is 10.2. The van der Waals surface area contributed by atoms with E-state index in [9.17, 15) is 0 Å². The minimum atomic E-state index is -0.564. The predicted molar refractivity (Wildman–Crippen MR) is 145 cm³/mol. The van der Waals surface area contributed by atoms with E-state index in [1.807, 2.05) is 30.3 Å². The summed E-state index contributed by atoms with van der Waals surface area (Å²) in [4.78, 5) is 6.55. The van der Waals surface area contributed by atoms with Crippen molar-refractivity contribution in [3.63, 3.8) is 0 Å². The Labute approximate surface area is 213 Å². The third kappa shape index (κ3) is 4.40. The Morgan fingerprint density at radius 2 is 1.72 bits per heavy atom. The van der Waals surface area contributed by atoms with Crippen molar-refractivity contribution in [2.24, 2.45) is 0 Å². The van der Waals surface area contributed by atoms with Crippen molar-refractivity contribution < 1.29 is 9.13 Å². The van der Waals surface area contributed by atoms with Crippen molar-refractivity contribution in [1.82, 2.24) is 15.2 Å². The molecule has 0 aliphatic carbocycles. The number of nitrogens with two attached hydrogens (primary N) is 1. The van der Waals surface area contributed by atoms with E-state index in [-0.39, 0.29) is 11.4 Å². The van der Waals surface area contributed by atoms with E-state index >= 15 is 4.39 Å². The Bertz CT molecular complexity index is 1280. The highest BCUT2D eigenvalue weighted by atomic mass is 19.1. The number of ether oxygens (including phenoxy) is 1. The molecule has 0 atom stereocenters. The number of hydrogen-bond donors (Lipinski definition) is 2. The zero-order valence-corrected chi connectivity index (χ0v) is 21.4. The van der Waals surface area contributed by atoms with E-state index in [4.69, 9.17) is 10.5 Å². The van der Waals surface area contributed by atoms with Crippen LogP contribution in [0.15, 0.2) is 55.1 Å². The number of nitrogens with one attached hydrogen (secondary N) is 1. The number of nitrogens with zero attached hydrogens (tertiary/aromatic N) is 2. The van der Waals surface area contributed by atoms with Crippen LogP contribution in [-0.4, -0.2) is 42.7 Å². The van der Waals surface area contributed by atoms with Crippen molar-refractivity contribution in [2.45, 2.75) is 44.8 Å². The van der Waals surface area contributed by atoms with Crippen LogP contribution in [0.25, 0.3) is 28.0 Å². The van der Waals surface area contributed by atoms with Gasteiger partial charge in [0.25, 0.3) is 0 Å². The number of pyridine rings is 1. The number of nitrogen functional groups attached to an aromatic ring is 1. The van der Waals surface area contributed by atoms with E-state index in [1.54, 1.807) is 7.11 Å². The molecular formula is C30H35FN4O. The monoisotopic (exact) mass is 486 g/mol. The van der Waals surface area contributed by atoms with Gasteiger partial charge in [0.1, 0.15) is 5.82 Å². The van der Waals surface area contributed by atoms with Crippen LogP contribution in [0.4, 0.5) is 10.2 Å². The number of aromatic nitrogens is 1. The van der Waals surface area contributed by atoms with Gasteiger partial charge in [0.15, 0.2) is 0 Å². The highest BCUT2D eigenvalue weighted by molar-refractivity contribution is 5.81. The predicted octanol–water partition coefficient (Wildman–Crippen LogP) is 5.60. The second-order valence-electron chi connectivity index (χ2n) is 10.2. The summed E-state index contributed by atoms with van der Waals surface area (Å²) in [6.45, 7) is 11.4. The van der Waals surface area contributed by atoms with E-state index in [2.05, 4.69) is 53.8 Å². The number of methoxy groups -OCH3 is 1. The van der Waals surface area contributed by atoms with Gasteiger partial charge in [0.05, 0.1) is 5.60 Å². The molecule has 0 unspecified atom stereocenters. The Morgan fingerprint density at radius 3 is 2.39 bits per heavy atom. The lowest BCUT2D eigenvalue weighted by Gasteiger charge is -2.42. The third-order valence-electron chi connectivity index (χ3n) is 7.93. The van der Waals surface area contributed by atoms with Crippen molar-refractivity contribution in [2.75, 3.05) is 32.5 Å². The first kappa shape index (κ1) is 24.5. The van der Waals surface area contributed by atoms with Crippen LogP contribution in [0.1, 0.15) is 43.4 Å². The number of benzene rings is 2. The maximum Gasteiger partial charge on any atom is 0.222 e. The topological polar surface area (TPSA) is 63.4 Å². The van der Waals surface area contributed by atoms with Crippen LogP contribution in [-0.2, 0) is 16.8 Å². The summed E-state index contributed by atoms with van der Waals surface area (Å²) in [5.74, 6) is -0.373. The summed E-state index contributed by atoms with van der Waals surface area (Å²) in [6, 6.07) is 16.6. The quantitative estimate of drug-likeness (QED) is 0.460. The molecule has 3 aromatic rings. The Morgan fingerprint density at radius 1 is 1.03 bits per heavy atom. The molecule has 3 heterocycles. The summed E-state index contributed by atoms with van der Waals surface area (Å²) in [6.07, 6.45) is 2.77. The molecule has 0 bridgehead atoms. The molecule has 0 spiro atoms. The zero-order chi connectivity index (χ0) is 25.4. The summed E-state index contributed by atoms with van der Waals surface area (Å²) >= 11 is 0. The molecule has 2 aromatic carbocycles. The molecule has 1 fully saturated rings. The molecule has 6 heteroatoms. The van der Waals surface area contributed by atoms with Gasteiger partial charge in [-0.1, -0.05) is 49.0 Å². The Kier molecular flexibility index (Phi) is 6.58. The molecular weight excluding hydrogens is 451 g/mol. The molecule has 5 rings (SSSR count). The standard InChI is InChI=1S/C30H35FN4O/c1-19(2)35-15-12-30(36-4,13-16-35)24-8-5-21(6-9-24)26-18-27(29(32)34-28(26)31)22-7-10-25-20(3)33-14-11-23(25)17-22/h5-10,17-19,33H,3,11-16H2,1-2,4H3,(H2,32,34). The van der Waals surface area contributed by atoms with Crippen LogP contribution in [0.2, 0.25) is 0 Å². The number of piperidine rings is 1. The first-order valence-electron chi connectivity index (χ1n) is 12.7. The van der Waals surface area contributed by atoms with Gasteiger partial charge >= 0.3 is 0 Å². The minimum Gasteiger partial charge on any atom is -0.385 e. The first-order valence-corrected chi connectivity index (χ1v) is 12.7. The molecule has 0 saturated carbocycles. The fourth-order valence-electron chi connectivity index (χ4n) is 5.61. The molecule has 1 saturated heterocycles. The fourth-order valence-corrected chi connectivity index (χ4v) is 5.61. The molecule has 36 heavy (non-hydrogen) atoms. The number of likely N-dealkylation sites (tertiary alicyclic amines) is 1. The number of anilines is 1. The highest BCUT2D eigenvalue weighted by Crippen LogP contribution is 2.39. The van der Waals surface area contributed by atoms with Gasteiger partial charge in [-0.05, 0) is 61.4 Å². The Hall–Kier alpha value is -3.22. The lowest BCUT2D eigenvalue weighted by Crippen LogP contribution is -2.46. The van der Waals surface area contributed by atoms with Crippen LogP contribution in [0.3, 0.4) is 0 Å². The minimum absolute atomic E-state index is 0.191. The molecule has 188 valence electrons. The van der Waals surface area contributed by atoms with Crippen molar-refractivity contribution in [3.05, 3.63) is 77.7 Å². The second kappa shape index (κ2) is 9.68. The maximum absolute atomic E-state index is 15.0. The number of fused-ring (bicyclic) bond motifs is 1. The summed E-state index contributed by atoms with van der Waals surface area (Å²) in [7, 11) is 1.79. The normalized spacial score (nSPS) is 17.6. The van der Waals surface area contributed by atoms with Crippen LogP contribution in [0.5, 0.6) is 0 Å². The summed E-state index contributed by atoms with van der Waals surface area (Å²) in [5.41, 5.74) is 13.1. The first-order chi connectivity index (χ1) is 17.3. The molecule has 0 radical (unpaired) electrons. The maximum atomic E-state index is 15.0. The van der Waals surface area contributed by atoms with Gasteiger partial charge in [-0.3, -0.25) is 0 Å². The van der Waals surface area contributed by atoms with E-state index < -0.39 is 5.95 Å². The molecule has 5 nitrogen and oxygen atoms in total. The fraction of sp³-hybridized carbons (Fsp3) is 0.367. The van der Waals surface area contributed by atoms with Gasteiger partial charge in [-0.15, -0.1) is 0 Å². The largest absolute Gasteiger partial charge is 0.385 e. The Balaban J connectivity index is 1.46. The van der Waals surface area contributed by atoms with Crippen LogP contribution < -0.4 is 11.1 Å². The number of rotatable bonds is 5. The van der Waals surface area contributed by atoms with Crippen LogP contribution >= 0.6 is 0 Å². The van der Waals surface area contributed by atoms with Gasteiger partial charge in [-0.25, -0.2) is 4.98 Å². The molecule has 3 N–H and O–H groups in total. The van der Waals surface area contributed by atoms with Crippen molar-refractivity contribution in [1.29, 1.82) is 0 Å². The number of halogens is 1. The highest BCUT2D eigenvalue weighted by Gasteiger charge is 2.36. The average molecular weight is 487 g/mol. The zero-order valence-electron chi connectivity index (χ0n) is 21.4. The summed E-state index contributed by atoms with van der Waals surface area (Å²) in [5, 5.41) is 3.30. The SMILES string of the molecule is C=C1NCCc2cc(-c3cc(-c4ccc(C5(OC)CCN(C(C)C)CC5)cc4)c(F)nc3N)ccc21. The lowest BCUT2D eigenvalue weighted by atomic mass is 9.83.